The molecule has 4 heteroatoms. The standard InChI is InChI=1S/C67H41NO2S/c1-3-15-44(16-4-1)67(45-17-5-2-6-18-45)58-39-37-48(41-57(58)63-59(67)40-38-55-52-20-8-11-27-61(52)70-65(55)63)68(46-33-29-42(30-34-46)49-22-13-24-54-51-19-7-10-26-60(51)69-64(49)54)47-35-31-43(32-36-47)50-23-14-25-56-53-21-9-12-28-62(53)71-66(50)56/h1-41H. The second-order valence-electron chi connectivity index (χ2n) is 18.7. The minimum absolute atomic E-state index is 0.599. The molecule has 0 aliphatic heterocycles. The van der Waals surface area contributed by atoms with Crippen LogP contribution in [0.2, 0.25) is 0 Å². The first-order valence-corrected chi connectivity index (χ1v) is 25.0. The molecule has 0 saturated carbocycles. The van der Waals surface area contributed by atoms with Crippen molar-refractivity contribution < 1.29 is 8.83 Å². The number of para-hydroxylation sites is 3. The zero-order valence-electron chi connectivity index (χ0n) is 38.3. The van der Waals surface area contributed by atoms with E-state index >= 15 is 0 Å². The van der Waals surface area contributed by atoms with Crippen LogP contribution < -0.4 is 4.90 Å². The van der Waals surface area contributed by atoms with Crippen molar-refractivity contribution in [1.82, 2.24) is 0 Å². The molecular weight excluding hydrogens is 883 g/mol. The molecule has 0 N–H and O–H groups in total. The zero-order chi connectivity index (χ0) is 46.6. The third kappa shape index (κ3) is 5.89. The molecular formula is C67H41NO2S. The molecule has 15 rings (SSSR count). The Morgan fingerprint density at radius 2 is 0.845 bits per heavy atom. The Labute approximate surface area is 413 Å². The average molecular weight is 924 g/mol. The van der Waals surface area contributed by atoms with Gasteiger partial charge in [0.15, 0.2) is 0 Å². The number of fused-ring (bicyclic) bond motifs is 13. The van der Waals surface area contributed by atoms with Crippen LogP contribution in [-0.2, 0) is 5.41 Å². The quantitative estimate of drug-likeness (QED) is 0.160. The van der Waals surface area contributed by atoms with Gasteiger partial charge in [-0.1, -0.05) is 194 Å². The summed E-state index contributed by atoms with van der Waals surface area (Å²) in [5.74, 6) is 0. The minimum atomic E-state index is -0.599. The molecule has 0 bridgehead atoms. The van der Waals surface area contributed by atoms with Crippen molar-refractivity contribution in [2.24, 2.45) is 0 Å². The molecule has 1 aliphatic carbocycles. The number of furan rings is 2. The van der Waals surface area contributed by atoms with Crippen LogP contribution in [0.15, 0.2) is 258 Å². The summed E-state index contributed by atoms with van der Waals surface area (Å²) in [5.41, 5.74) is 17.9. The predicted molar refractivity (Wildman–Crippen MR) is 297 cm³/mol. The molecule has 3 nitrogen and oxygen atoms in total. The maximum absolute atomic E-state index is 6.98. The summed E-state index contributed by atoms with van der Waals surface area (Å²) in [4.78, 5) is 2.40. The summed E-state index contributed by atoms with van der Waals surface area (Å²) in [6, 6.07) is 90.4. The number of thiophene rings is 1. The smallest absolute Gasteiger partial charge is 0.143 e. The van der Waals surface area contributed by atoms with E-state index in [4.69, 9.17) is 8.83 Å². The van der Waals surface area contributed by atoms with Gasteiger partial charge in [-0.05, 0) is 99.1 Å². The van der Waals surface area contributed by atoms with Gasteiger partial charge in [0.05, 0.1) is 5.41 Å². The number of hydrogen-bond acceptors (Lipinski definition) is 4. The first-order valence-electron chi connectivity index (χ1n) is 24.2. The molecule has 0 spiro atoms. The minimum Gasteiger partial charge on any atom is -0.455 e. The van der Waals surface area contributed by atoms with Crippen molar-refractivity contribution in [3.8, 4) is 33.4 Å². The van der Waals surface area contributed by atoms with Crippen molar-refractivity contribution in [2.75, 3.05) is 4.90 Å². The molecule has 0 atom stereocenters. The van der Waals surface area contributed by atoms with Gasteiger partial charge >= 0.3 is 0 Å². The largest absolute Gasteiger partial charge is 0.455 e. The molecule has 0 amide bonds. The molecule has 11 aromatic carbocycles. The Morgan fingerprint density at radius 1 is 0.338 bits per heavy atom. The molecule has 14 aromatic rings. The lowest BCUT2D eigenvalue weighted by molar-refractivity contribution is 0.668. The summed E-state index contributed by atoms with van der Waals surface area (Å²) in [7, 11) is 0. The zero-order valence-corrected chi connectivity index (χ0v) is 39.2. The summed E-state index contributed by atoms with van der Waals surface area (Å²) in [6.07, 6.45) is 0. The van der Waals surface area contributed by atoms with Crippen LogP contribution in [0.3, 0.4) is 0 Å². The fraction of sp³-hybridized carbons (Fsp3) is 0.0149. The highest BCUT2D eigenvalue weighted by Gasteiger charge is 2.47. The van der Waals surface area contributed by atoms with Gasteiger partial charge < -0.3 is 13.7 Å². The lowest BCUT2D eigenvalue weighted by Crippen LogP contribution is -2.28. The van der Waals surface area contributed by atoms with Gasteiger partial charge in [0.2, 0.25) is 0 Å². The van der Waals surface area contributed by atoms with Gasteiger partial charge in [-0.15, -0.1) is 11.3 Å². The van der Waals surface area contributed by atoms with Gasteiger partial charge in [0.25, 0.3) is 0 Å². The number of anilines is 3. The molecule has 0 fully saturated rings. The van der Waals surface area contributed by atoms with Crippen LogP contribution in [0.25, 0.3) is 97.4 Å². The first-order chi connectivity index (χ1) is 35.2. The average Bonchev–Trinajstić information content (AvgIpc) is 4.20. The second-order valence-corrected chi connectivity index (χ2v) is 19.7. The fourth-order valence-corrected chi connectivity index (χ4v) is 13.1. The van der Waals surface area contributed by atoms with Gasteiger partial charge in [-0.2, -0.15) is 0 Å². The van der Waals surface area contributed by atoms with Crippen molar-refractivity contribution >= 4 is 92.4 Å². The fourth-order valence-electron chi connectivity index (χ4n) is 11.9. The summed E-state index contributed by atoms with van der Waals surface area (Å²) >= 11 is 1.87. The molecule has 0 saturated heterocycles. The van der Waals surface area contributed by atoms with E-state index in [9.17, 15) is 0 Å². The van der Waals surface area contributed by atoms with E-state index < -0.39 is 5.41 Å². The topological polar surface area (TPSA) is 29.5 Å². The van der Waals surface area contributed by atoms with E-state index in [0.717, 1.165) is 83.2 Å². The molecule has 1 aliphatic rings. The highest BCUT2D eigenvalue weighted by molar-refractivity contribution is 7.26. The van der Waals surface area contributed by atoms with E-state index in [-0.39, 0.29) is 0 Å². The van der Waals surface area contributed by atoms with Crippen LogP contribution in [0, 0.1) is 0 Å². The second kappa shape index (κ2) is 15.5. The molecule has 3 aromatic heterocycles. The van der Waals surface area contributed by atoms with Crippen LogP contribution in [0.1, 0.15) is 22.3 Å². The van der Waals surface area contributed by atoms with E-state index in [2.05, 4.69) is 241 Å². The highest BCUT2D eigenvalue weighted by atomic mass is 32.1. The van der Waals surface area contributed by atoms with Gasteiger partial charge in [0, 0.05) is 69.9 Å². The van der Waals surface area contributed by atoms with E-state index in [1.165, 1.54) is 53.6 Å². The van der Waals surface area contributed by atoms with Crippen molar-refractivity contribution in [2.45, 2.75) is 5.41 Å². The third-order valence-corrected chi connectivity index (χ3v) is 16.2. The lowest BCUT2D eigenvalue weighted by atomic mass is 9.67. The number of nitrogens with zero attached hydrogens (tertiary/aromatic N) is 1. The monoisotopic (exact) mass is 923 g/mol. The molecule has 332 valence electrons. The Hall–Kier alpha value is -8.96. The normalized spacial score (nSPS) is 12.9. The van der Waals surface area contributed by atoms with Crippen LogP contribution in [0.5, 0.6) is 0 Å². The molecule has 71 heavy (non-hydrogen) atoms. The number of benzene rings is 11. The first kappa shape index (κ1) is 40.0. The van der Waals surface area contributed by atoms with E-state index in [0.29, 0.717) is 0 Å². The van der Waals surface area contributed by atoms with Crippen molar-refractivity contribution in [1.29, 1.82) is 0 Å². The SMILES string of the molecule is c1ccc(C2(c3ccccc3)c3ccc(N(c4ccc(-c5cccc6c5oc5ccccc56)cc4)c4ccc(-c5cccc6c5sc5ccccc56)cc4)cc3-c3c2ccc2c3oc3ccccc32)cc1. The third-order valence-electron chi connectivity index (χ3n) is 15.0. The Bertz CT molecular complexity index is 4190. The molecule has 3 heterocycles. The Morgan fingerprint density at radius 3 is 1.52 bits per heavy atom. The number of rotatable bonds is 7. The number of hydrogen-bond donors (Lipinski definition) is 0. The van der Waals surface area contributed by atoms with Crippen molar-refractivity contribution in [3.05, 3.63) is 271 Å². The summed E-state index contributed by atoms with van der Waals surface area (Å²) < 4.78 is 16.1. The lowest BCUT2D eigenvalue weighted by Gasteiger charge is -2.34. The van der Waals surface area contributed by atoms with Crippen molar-refractivity contribution in [3.63, 3.8) is 0 Å². The summed E-state index contributed by atoms with van der Waals surface area (Å²) in [5, 5.41) is 7.08. The maximum atomic E-state index is 6.98. The predicted octanol–water partition coefficient (Wildman–Crippen LogP) is 19.0. The van der Waals surface area contributed by atoms with Gasteiger partial charge in [-0.3, -0.25) is 0 Å². The highest BCUT2D eigenvalue weighted by Crippen LogP contribution is 2.59. The Balaban J connectivity index is 0.946. The Kier molecular flexibility index (Phi) is 8.74. The van der Waals surface area contributed by atoms with Crippen LogP contribution >= 0.6 is 11.3 Å². The molecule has 0 unspecified atom stereocenters. The maximum Gasteiger partial charge on any atom is 0.143 e. The van der Waals surface area contributed by atoms with Crippen LogP contribution in [0.4, 0.5) is 17.1 Å². The van der Waals surface area contributed by atoms with Gasteiger partial charge in [0.1, 0.15) is 22.3 Å². The van der Waals surface area contributed by atoms with E-state index in [1.54, 1.807) is 0 Å². The molecule has 0 radical (unpaired) electrons. The van der Waals surface area contributed by atoms with Gasteiger partial charge in [-0.25, -0.2) is 0 Å². The summed E-state index contributed by atoms with van der Waals surface area (Å²) in [6.45, 7) is 0. The van der Waals surface area contributed by atoms with E-state index in [1.807, 2.05) is 23.5 Å². The van der Waals surface area contributed by atoms with Crippen LogP contribution in [-0.4, -0.2) is 0 Å².